The van der Waals surface area contributed by atoms with Crippen LogP contribution in [0.15, 0.2) is 54.7 Å². The molecule has 0 saturated carbocycles. The molecule has 0 unspecified atom stereocenters. The third kappa shape index (κ3) is 3.97. The van der Waals surface area contributed by atoms with Crippen LogP contribution in [0, 0.1) is 6.92 Å². The van der Waals surface area contributed by atoms with Crippen molar-refractivity contribution in [1.29, 1.82) is 0 Å². The van der Waals surface area contributed by atoms with Gasteiger partial charge in [-0.25, -0.2) is 0 Å². The molecule has 1 aromatic heterocycles. The molecule has 0 atom stereocenters. The molecule has 0 bridgehead atoms. The first-order chi connectivity index (χ1) is 13.0. The summed E-state index contributed by atoms with van der Waals surface area (Å²) in [6.45, 7) is 5.43. The topological polar surface area (TPSA) is 62.3 Å². The molecular formula is C22H23N3O2. The molecule has 0 radical (unpaired) electrons. The molecule has 2 amide bonds. The summed E-state index contributed by atoms with van der Waals surface area (Å²) in [4.78, 5) is 30.9. The van der Waals surface area contributed by atoms with Gasteiger partial charge in [0.25, 0.3) is 0 Å². The van der Waals surface area contributed by atoms with Crippen LogP contribution in [0.25, 0.3) is 10.9 Å². The van der Waals surface area contributed by atoms with Crippen LogP contribution in [0.3, 0.4) is 0 Å². The molecular weight excluding hydrogens is 338 g/mol. The van der Waals surface area contributed by atoms with Gasteiger partial charge < -0.3 is 10.2 Å². The fourth-order valence-electron chi connectivity index (χ4n) is 3.28. The molecule has 0 saturated heterocycles. The molecule has 2 aromatic carbocycles. The predicted molar refractivity (Wildman–Crippen MR) is 109 cm³/mol. The van der Waals surface area contributed by atoms with E-state index in [1.54, 1.807) is 11.1 Å². The normalized spacial score (nSPS) is 10.6. The Bertz CT molecular complexity index is 993. The first-order valence-electron chi connectivity index (χ1n) is 9.01. The number of amides is 2. The fourth-order valence-corrected chi connectivity index (χ4v) is 3.28. The van der Waals surface area contributed by atoms with Crippen molar-refractivity contribution in [3.05, 3.63) is 65.9 Å². The van der Waals surface area contributed by atoms with Gasteiger partial charge in [-0.3, -0.25) is 14.6 Å². The van der Waals surface area contributed by atoms with Gasteiger partial charge in [0, 0.05) is 18.5 Å². The van der Waals surface area contributed by atoms with Crippen molar-refractivity contribution in [3.8, 4) is 0 Å². The van der Waals surface area contributed by atoms with E-state index in [1.165, 1.54) is 6.92 Å². The van der Waals surface area contributed by atoms with Gasteiger partial charge in [0.05, 0.1) is 16.9 Å². The Morgan fingerprint density at radius 3 is 2.56 bits per heavy atom. The highest BCUT2D eigenvalue weighted by Crippen LogP contribution is 2.26. The highest BCUT2D eigenvalue weighted by atomic mass is 16.2. The molecule has 0 aliphatic carbocycles. The summed E-state index contributed by atoms with van der Waals surface area (Å²) in [7, 11) is 0. The molecule has 1 N–H and O–H groups in total. The van der Waals surface area contributed by atoms with E-state index in [0.29, 0.717) is 5.69 Å². The number of anilines is 2. The van der Waals surface area contributed by atoms with Crippen LogP contribution in [0.2, 0.25) is 0 Å². The Hall–Kier alpha value is -3.21. The predicted octanol–water partition coefficient (Wildman–Crippen LogP) is 4.10. The lowest BCUT2D eigenvalue weighted by atomic mass is 10.0. The van der Waals surface area contributed by atoms with E-state index in [1.807, 2.05) is 62.4 Å². The van der Waals surface area contributed by atoms with Crippen molar-refractivity contribution in [2.75, 3.05) is 16.8 Å². The Balaban J connectivity index is 1.88. The Kier molecular flexibility index (Phi) is 5.50. The Morgan fingerprint density at radius 1 is 1.07 bits per heavy atom. The highest BCUT2D eigenvalue weighted by Gasteiger charge is 2.20. The van der Waals surface area contributed by atoms with Crippen LogP contribution >= 0.6 is 0 Å². The molecule has 0 aliphatic rings. The number of aryl methyl sites for hydroxylation is 2. The third-order valence-electron chi connectivity index (χ3n) is 4.56. The van der Waals surface area contributed by atoms with Gasteiger partial charge >= 0.3 is 0 Å². The number of fused-ring (bicyclic) bond motifs is 1. The molecule has 5 nitrogen and oxygen atoms in total. The molecule has 1 heterocycles. The summed E-state index contributed by atoms with van der Waals surface area (Å²) in [6, 6.07) is 15.4. The number of hydrogen-bond acceptors (Lipinski definition) is 3. The van der Waals surface area contributed by atoms with Gasteiger partial charge in [-0.1, -0.05) is 43.3 Å². The molecule has 0 spiro atoms. The van der Waals surface area contributed by atoms with Crippen LogP contribution in [-0.4, -0.2) is 23.3 Å². The smallest absolute Gasteiger partial charge is 0.244 e. The van der Waals surface area contributed by atoms with Gasteiger partial charge in [-0.2, -0.15) is 0 Å². The summed E-state index contributed by atoms with van der Waals surface area (Å²) in [6.07, 6.45) is 2.48. The van der Waals surface area contributed by atoms with Crippen molar-refractivity contribution in [2.45, 2.75) is 27.2 Å². The number of benzene rings is 2. The van der Waals surface area contributed by atoms with E-state index in [4.69, 9.17) is 0 Å². The SMILES string of the molecule is CCc1cccc(C)c1N(CC(=O)Nc1cccc2cccnc12)C(C)=O. The van der Waals surface area contributed by atoms with Crippen molar-refractivity contribution >= 4 is 34.1 Å². The van der Waals surface area contributed by atoms with Gasteiger partial charge in [0.1, 0.15) is 6.54 Å². The number of nitrogens with zero attached hydrogens (tertiary/aromatic N) is 2. The molecule has 0 aliphatic heterocycles. The van der Waals surface area contributed by atoms with Gasteiger partial charge in [-0.05, 0) is 36.6 Å². The zero-order chi connectivity index (χ0) is 19.4. The Morgan fingerprint density at radius 2 is 1.81 bits per heavy atom. The second-order valence-electron chi connectivity index (χ2n) is 6.47. The van der Waals surface area contributed by atoms with E-state index in [2.05, 4.69) is 10.3 Å². The molecule has 0 fully saturated rings. The summed E-state index contributed by atoms with van der Waals surface area (Å²) in [5.41, 5.74) is 4.21. The highest BCUT2D eigenvalue weighted by molar-refractivity contribution is 6.05. The number of pyridine rings is 1. The molecule has 3 rings (SSSR count). The maximum Gasteiger partial charge on any atom is 0.244 e. The van der Waals surface area contributed by atoms with Gasteiger partial charge in [-0.15, -0.1) is 0 Å². The minimum Gasteiger partial charge on any atom is -0.323 e. The number of carbonyl (C=O) groups excluding carboxylic acids is 2. The average Bonchev–Trinajstić information content (AvgIpc) is 2.66. The van der Waals surface area contributed by atoms with Crippen molar-refractivity contribution in [2.24, 2.45) is 0 Å². The fraction of sp³-hybridized carbons (Fsp3) is 0.227. The van der Waals surface area contributed by atoms with E-state index in [0.717, 1.165) is 34.1 Å². The lowest BCUT2D eigenvalue weighted by molar-refractivity contribution is -0.120. The second kappa shape index (κ2) is 7.99. The van der Waals surface area contributed by atoms with Crippen molar-refractivity contribution in [3.63, 3.8) is 0 Å². The summed E-state index contributed by atoms with van der Waals surface area (Å²) < 4.78 is 0. The molecule has 5 heteroatoms. The number of nitrogens with one attached hydrogen (secondary N) is 1. The third-order valence-corrected chi connectivity index (χ3v) is 4.56. The lowest BCUT2D eigenvalue weighted by Gasteiger charge is -2.25. The largest absolute Gasteiger partial charge is 0.323 e. The van der Waals surface area contributed by atoms with E-state index < -0.39 is 0 Å². The first-order valence-corrected chi connectivity index (χ1v) is 9.01. The first kappa shape index (κ1) is 18.6. The second-order valence-corrected chi connectivity index (χ2v) is 6.47. The number of aromatic nitrogens is 1. The number of hydrogen-bond donors (Lipinski definition) is 1. The van der Waals surface area contributed by atoms with E-state index >= 15 is 0 Å². The van der Waals surface area contributed by atoms with Crippen molar-refractivity contribution < 1.29 is 9.59 Å². The number of rotatable bonds is 5. The lowest BCUT2D eigenvalue weighted by Crippen LogP contribution is -2.37. The van der Waals surface area contributed by atoms with Crippen LogP contribution in [-0.2, 0) is 16.0 Å². The summed E-state index contributed by atoms with van der Waals surface area (Å²) in [5.74, 6) is -0.418. The molecule has 27 heavy (non-hydrogen) atoms. The maximum atomic E-state index is 12.7. The van der Waals surface area contributed by atoms with Crippen molar-refractivity contribution in [1.82, 2.24) is 4.98 Å². The minimum atomic E-state index is -0.256. The molecule has 138 valence electrons. The number of para-hydroxylation sites is 2. The van der Waals surface area contributed by atoms with E-state index in [9.17, 15) is 9.59 Å². The van der Waals surface area contributed by atoms with Crippen LogP contribution in [0.4, 0.5) is 11.4 Å². The Labute approximate surface area is 159 Å². The minimum absolute atomic E-state index is 0.0452. The van der Waals surface area contributed by atoms with Crippen LogP contribution in [0.5, 0.6) is 0 Å². The zero-order valence-corrected chi connectivity index (χ0v) is 15.8. The summed E-state index contributed by atoms with van der Waals surface area (Å²) in [5, 5.41) is 3.85. The van der Waals surface area contributed by atoms with Crippen LogP contribution < -0.4 is 10.2 Å². The zero-order valence-electron chi connectivity index (χ0n) is 15.8. The van der Waals surface area contributed by atoms with Gasteiger partial charge in [0.15, 0.2) is 0 Å². The monoisotopic (exact) mass is 361 g/mol. The maximum absolute atomic E-state index is 12.7. The molecule has 3 aromatic rings. The quantitative estimate of drug-likeness (QED) is 0.744. The number of carbonyl (C=O) groups is 2. The van der Waals surface area contributed by atoms with E-state index in [-0.39, 0.29) is 18.4 Å². The van der Waals surface area contributed by atoms with Gasteiger partial charge in [0.2, 0.25) is 11.8 Å². The average molecular weight is 361 g/mol. The standard InChI is InChI=1S/C22H23N3O2/c1-4-17-9-5-8-15(2)22(17)25(16(3)26)14-20(27)24-19-12-6-10-18-11-7-13-23-21(18)19/h5-13H,4,14H2,1-3H3,(H,24,27). The summed E-state index contributed by atoms with van der Waals surface area (Å²) >= 11 is 0. The van der Waals surface area contributed by atoms with Crippen LogP contribution in [0.1, 0.15) is 25.0 Å².